The molecular formula is C30H21ClN2O5. The zero-order valence-electron chi connectivity index (χ0n) is 19.9. The normalized spacial score (nSPS) is 20.5. The van der Waals surface area contributed by atoms with E-state index in [1.165, 1.54) is 0 Å². The molecule has 8 heteroatoms. The molecule has 38 heavy (non-hydrogen) atoms. The quantitative estimate of drug-likeness (QED) is 0.192. The van der Waals surface area contributed by atoms with Crippen molar-refractivity contribution in [1.82, 2.24) is 0 Å². The van der Waals surface area contributed by atoms with E-state index in [4.69, 9.17) is 21.2 Å². The Kier molecular flexibility index (Phi) is 6.15. The number of halogens is 1. The molecule has 0 saturated carbocycles. The Labute approximate surface area is 223 Å². The van der Waals surface area contributed by atoms with Gasteiger partial charge in [-0.05, 0) is 60.2 Å². The second kappa shape index (κ2) is 9.78. The van der Waals surface area contributed by atoms with E-state index >= 15 is 0 Å². The number of rotatable bonds is 5. The molecule has 0 bridgehead atoms. The van der Waals surface area contributed by atoms with Crippen LogP contribution in [0.2, 0.25) is 5.02 Å². The lowest BCUT2D eigenvalue weighted by molar-refractivity contribution is -0.126. The Morgan fingerprint density at radius 2 is 1.42 bits per heavy atom. The monoisotopic (exact) mass is 524 g/mol. The van der Waals surface area contributed by atoms with Gasteiger partial charge in [-0.25, -0.2) is 14.8 Å². The summed E-state index contributed by atoms with van der Waals surface area (Å²) in [6.45, 7) is 0. The van der Waals surface area contributed by atoms with Crippen molar-refractivity contribution in [2.45, 2.75) is 12.1 Å². The van der Waals surface area contributed by atoms with Crippen LogP contribution in [0.25, 0.3) is 0 Å². The number of benzene rings is 4. The van der Waals surface area contributed by atoms with Gasteiger partial charge in [0, 0.05) is 5.02 Å². The van der Waals surface area contributed by atoms with E-state index in [9.17, 15) is 14.4 Å². The Hall–Kier alpha value is -4.46. The number of amides is 2. The van der Waals surface area contributed by atoms with Crippen LogP contribution in [0, 0.1) is 5.92 Å². The molecule has 2 aliphatic heterocycles. The minimum atomic E-state index is -0.998. The van der Waals surface area contributed by atoms with Crippen molar-refractivity contribution in [3.8, 4) is 5.75 Å². The van der Waals surface area contributed by atoms with Gasteiger partial charge < -0.3 is 4.74 Å². The van der Waals surface area contributed by atoms with Crippen molar-refractivity contribution in [2.24, 2.45) is 5.92 Å². The van der Waals surface area contributed by atoms with Gasteiger partial charge in [-0.15, -0.1) is 0 Å². The minimum absolute atomic E-state index is 0.360. The molecule has 4 aromatic rings. The van der Waals surface area contributed by atoms with Crippen LogP contribution in [0.1, 0.15) is 22.0 Å². The molecule has 4 aromatic carbocycles. The number of ether oxygens (including phenoxy) is 1. The van der Waals surface area contributed by atoms with Crippen LogP contribution >= 0.6 is 11.6 Å². The van der Waals surface area contributed by atoms with Gasteiger partial charge in [0.15, 0.2) is 6.10 Å². The molecule has 0 aliphatic carbocycles. The first-order valence-electron chi connectivity index (χ1n) is 12.0. The average molecular weight is 525 g/mol. The van der Waals surface area contributed by atoms with Crippen LogP contribution in [-0.2, 0) is 14.4 Å². The van der Waals surface area contributed by atoms with E-state index in [-0.39, 0.29) is 5.91 Å². The first-order chi connectivity index (χ1) is 18.5. The van der Waals surface area contributed by atoms with Gasteiger partial charge >= 0.3 is 5.97 Å². The molecule has 6 rings (SSSR count). The molecular weight excluding hydrogens is 504 g/mol. The second-order valence-electron chi connectivity index (χ2n) is 8.97. The fourth-order valence-corrected chi connectivity index (χ4v) is 5.08. The molecule has 2 fully saturated rings. The van der Waals surface area contributed by atoms with Gasteiger partial charge in [0.25, 0.3) is 5.91 Å². The molecule has 0 N–H and O–H groups in total. The minimum Gasteiger partial charge on any atom is -0.423 e. The summed E-state index contributed by atoms with van der Waals surface area (Å²) in [6, 6.07) is 30.9. The summed E-state index contributed by atoms with van der Waals surface area (Å²) < 4.78 is 5.51. The lowest BCUT2D eigenvalue weighted by atomic mass is 9.90. The molecule has 7 nitrogen and oxygen atoms in total. The lowest BCUT2D eigenvalue weighted by Gasteiger charge is -2.28. The maximum atomic E-state index is 13.7. The summed E-state index contributed by atoms with van der Waals surface area (Å²) in [5.41, 5.74) is 2.28. The first-order valence-corrected chi connectivity index (χ1v) is 12.4. The highest BCUT2D eigenvalue weighted by atomic mass is 35.5. The Morgan fingerprint density at radius 3 is 2.11 bits per heavy atom. The van der Waals surface area contributed by atoms with Gasteiger partial charge in [-0.2, -0.15) is 0 Å². The SMILES string of the molecule is O=C(Oc1ccc([C@H]2[C@H]3C(=O)N(c4cccc(Cl)c4)C(=O)[C@@H]3ON2c2ccccc2)cc1)c1ccccc1. The smallest absolute Gasteiger partial charge is 0.343 e. The number of carbonyl (C=O) groups excluding carboxylic acids is 3. The van der Waals surface area contributed by atoms with Crippen molar-refractivity contribution < 1.29 is 24.0 Å². The molecule has 0 unspecified atom stereocenters. The van der Waals surface area contributed by atoms with Crippen molar-refractivity contribution >= 4 is 40.8 Å². The number of nitrogens with zero attached hydrogens (tertiary/aromatic N) is 2. The number of hydrogen-bond donors (Lipinski definition) is 0. The van der Waals surface area contributed by atoms with Crippen molar-refractivity contribution in [3.63, 3.8) is 0 Å². The van der Waals surface area contributed by atoms with Crippen LogP contribution in [0.5, 0.6) is 5.75 Å². The fourth-order valence-electron chi connectivity index (χ4n) is 4.90. The van der Waals surface area contributed by atoms with Crippen LogP contribution in [0.4, 0.5) is 11.4 Å². The van der Waals surface area contributed by atoms with Crippen molar-refractivity contribution in [1.29, 1.82) is 0 Å². The highest BCUT2D eigenvalue weighted by Gasteiger charge is 2.60. The van der Waals surface area contributed by atoms with E-state index in [1.54, 1.807) is 77.9 Å². The molecule has 0 spiro atoms. The number of para-hydroxylation sites is 1. The zero-order chi connectivity index (χ0) is 26.2. The number of imide groups is 1. The predicted molar refractivity (Wildman–Crippen MR) is 142 cm³/mol. The van der Waals surface area contributed by atoms with Crippen LogP contribution < -0.4 is 14.7 Å². The molecule has 2 amide bonds. The highest BCUT2D eigenvalue weighted by Crippen LogP contribution is 2.47. The van der Waals surface area contributed by atoms with Crippen LogP contribution in [0.15, 0.2) is 109 Å². The molecule has 188 valence electrons. The molecule has 0 aromatic heterocycles. The number of carbonyl (C=O) groups is 3. The molecule has 0 radical (unpaired) electrons. The van der Waals surface area contributed by atoms with Crippen LogP contribution in [0.3, 0.4) is 0 Å². The zero-order valence-corrected chi connectivity index (χ0v) is 20.7. The van der Waals surface area contributed by atoms with Gasteiger partial charge in [-0.3, -0.25) is 14.4 Å². The Balaban J connectivity index is 1.33. The fraction of sp³-hybridized carbons (Fsp3) is 0.100. The molecule has 3 atom stereocenters. The second-order valence-corrected chi connectivity index (χ2v) is 9.41. The third-order valence-corrected chi connectivity index (χ3v) is 6.87. The summed E-state index contributed by atoms with van der Waals surface area (Å²) in [5, 5.41) is 2.04. The number of esters is 1. The lowest BCUT2D eigenvalue weighted by Crippen LogP contribution is -2.37. The number of fused-ring (bicyclic) bond motifs is 1. The first kappa shape index (κ1) is 23.9. The maximum absolute atomic E-state index is 13.7. The third kappa shape index (κ3) is 4.22. The predicted octanol–water partition coefficient (Wildman–Crippen LogP) is 5.61. The van der Waals surface area contributed by atoms with Crippen LogP contribution in [-0.4, -0.2) is 23.9 Å². The maximum Gasteiger partial charge on any atom is 0.343 e. The number of anilines is 2. The molecule has 2 heterocycles. The van der Waals surface area contributed by atoms with Gasteiger partial charge in [-0.1, -0.05) is 66.2 Å². The number of hydroxylamine groups is 1. The van der Waals surface area contributed by atoms with Gasteiger partial charge in [0.2, 0.25) is 5.91 Å². The standard InChI is InChI=1S/C30H21ClN2O5/c31-21-10-7-13-23(18-21)32-28(34)25-26(33(38-27(25)29(32)35)22-11-5-2-6-12-22)19-14-16-24(17-15-19)37-30(36)20-8-3-1-4-9-20/h1-18,25-27H/t25-,26+,27-/m1/s1. The largest absolute Gasteiger partial charge is 0.423 e. The summed E-state index contributed by atoms with van der Waals surface area (Å²) >= 11 is 6.13. The Bertz CT molecular complexity index is 1510. The van der Waals surface area contributed by atoms with Gasteiger partial charge in [0.05, 0.1) is 23.0 Å². The Morgan fingerprint density at radius 1 is 0.763 bits per heavy atom. The van der Waals surface area contributed by atoms with E-state index in [1.807, 2.05) is 36.4 Å². The molecule has 2 saturated heterocycles. The van der Waals surface area contributed by atoms with Crippen molar-refractivity contribution in [3.05, 3.63) is 125 Å². The number of hydrogen-bond acceptors (Lipinski definition) is 6. The van der Waals surface area contributed by atoms with Gasteiger partial charge in [0.1, 0.15) is 11.7 Å². The van der Waals surface area contributed by atoms with Crippen molar-refractivity contribution in [2.75, 3.05) is 9.96 Å². The molecule has 2 aliphatic rings. The average Bonchev–Trinajstić information content (AvgIpc) is 3.45. The van der Waals surface area contributed by atoms with E-state index in [0.29, 0.717) is 27.7 Å². The summed E-state index contributed by atoms with van der Waals surface area (Å²) in [5.74, 6) is -1.72. The van der Waals surface area contributed by atoms with E-state index < -0.39 is 29.9 Å². The summed E-state index contributed by atoms with van der Waals surface area (Å²) in [6.07, 6.45) is -0.998. The highest BCUT2D eigenvalue weighted by molar-refractivity contribution is 6.31. The summed E-state index contributed by atoms with van der Waals surface area (Å²) in [7, 11) is 0. The van der Waals surface area contributed by atoms with E-state index in [2.05, 4.69) is 0 Å². The topological polar surface area (TPSA) is 76.2 Å². The summed E-state index contributed by atoms with van der Waals surface area (Å²) in [4.78, 5) is 46.9. The third-order valence-electron chi connectivity index (χ3n) is 6.63. The van der Waals surface area contributed by atoms with E-state index in [0.717, 1.165) is 10.5 Å².